The predicted octanol–water partition coefficient (Wildman–Crippen LogP) is 0.715. The van der Waals surface area contributed by atoms with Crippen LogP contribution in [0.15, 0.2) is 29.0 Å². The molecule has 3 aliphatic rings. The molecule has 3 aliphatic carbocycles. The predicted molar refractivity (Wildman–Crippen MR) is 124 cm³/mol. The van der Waals surface area contributed by atoms with Gasteiger partial charge in [-0.1, -0.05) is 0 Å². The number of hydrogen-bond acceptors (Lipinski definition) is 10. The van der Waals surface area contributed by atoms with Gasteiger partial charge in [0.05, 0.1) is 5.56 Å². The summed E-state index contributed by atoms with van der Waals surface area (Å²) in [4.78, 5) is 64.1. The summed E-state index contributed by atoms with van der Waals surface area (Å²) >= 11 is 0. The van der Waals surface area contributed by atoms with Crippen molar-refractivity contribution in [1.29, 1.82) is 0 Å². The van der Waals surface area contributed by atoms with Gasteiger partial charge in [0.25, 0.3) is 5.91 Å². The Morgan fingerprint density at radius 1 is 1.06 bits per heavy atom. The number of carbonyl (C=O) groups excluding carboxylic acids is 5. The molecule has 11 nitrogen and oxygen atoms in total. The molecule has 1 aromatic carbocycles. The van der Waals surface area contributed by atoms with E-state index in [-0.39, 0.29) is 41.9 Å². The third kappa shape index (κ3) is 3.67. The molecule has 1 fully saturated rings. The van der Waals surface area contributed by atoms with Crippen molar-refractivity contribution in [2.45, 2.75) is 38.7 Å². The monoisotopic (exact) mass is 498 g/mol. The van der Waals surface area contributed by atoms with Crippen molar-refractivity contribution >= 4 is 40.9 Å². The Morgan fingerprint density at radius 2 is 1.69 bits per heavy atom. The van der Waals surface area contributed by atoms with Crippen LogP contribution in [-0.2, 0) is 35.1 Å². The number of ether oxygens (including phenoxy) is 2. The second-order valence-corrected chi connectivity index (χ2v) is 9.41. The molecule has 0 aromatic heterocycles. The minimum absolute atomic E-state index is 0.0262. The Labute approximate surface area is 206 Å². The highest BCUT2D eigenvalue weighted by molar-refractivity contribution is 6.32. The highest BCUT2D eigenvalue weighted by Crippen LogP contribution is 2.52. The SMILES string of the molecule is CC(=O)OC1=C(C(N)=O)C(=O)C2(O)C(=O)C3=C(O)c4c(OC(C)=O)ccc(N(C)C)c4CC3CC2C1. The first-order valence-corrected chi connectivity index (χ1v) is 11.3. The van der Waals surface area contributed by atoms with E-state index in [1.54, 1.807) is 25.1 Å². The summed E-state index contributed by atoms with van der Waals surface area (Å²) in [5.41, 5.74) is 3.15. The number of allylic oxidation sites excluding steroid dienone is 1. The van der Waals surface area contributed by atoms with Crippen molar-refractivity contribution in [3.8, 4) is 5.75 Å². The molecule has 3 unspecified atom stereocenters. The van der Waals surface area contributed by atoms with Crippen molar-refractivity contribution in [2.75, 3.05) is 19.0 Å². The average molecular weight is 498 g/mol. The van der Waals surface area contributed by atoms with Crippen molar-refractivity contribution in [3.63, 3.8) is 0 Å². The molecule has 1 aromatic rings. The fourth-order valence-electron chi connectivity index (χ4n) is 5.49. The van der Waals surface area contributed by atoms with Crippen molar-refractivity contribution < 1.29 is 43.7 Å². The highest BCUT2D eigenvalue weighted by atomic mass is 16.5. The van der Waals surface area contributed by atoms with Crippen LogP contribution >= 0.6 is 0 Å². The zero-order chi connectivity index (χ0) is 26.7. The first-order valence-electron chi connectivity index (χ1n) is 11.3. The van der Waals surface area contributed by atoms with E-state index in [9.17, 15) is 34.2 Å². The summed E-state index contributed by atoms with van der Waals surface area (Å²) in [5.74, 6) is -7.44. The maximum absolute atomic E-state index is 13.7. The second kappa shape index (κ2) is 8.59. The highest BCUT2D eigenvalue weighted by Gasteiger charge is 2.62. The smallest absolute Gasteiger partial charge is 0.308 e. The third-order valence-electron chi connectivity index (χ3n) is 6.88. The summed E-state index contributed by atoms with van der Waals surface area (Å²) in [6, 6.07) is 3.21. The number of benzene rings is 1. The number of nitrogens with zero attached hydrogens (tertiary/aromatic N) is 1. The first kappa shape index (κ1) is 25.1. The maximum atomic E-state index is 13.7. The number of rotatable bonds is 4. The van der Waals surface area contributed by atoms with Gasteiger partial charge in [-0.3, -0.25) is 24.0 Å². The van der Waals surface area contributed by atoms with Crippen LogP contribution in [0.3, 0.4) is 0 Å². The minimum atomic E-state index is -2.69. The van der Waals surface area contributed by atoms with E-state index in [0.717, 1.165) is 12.6 Å². The Bertz CT molecular complexity index is 1310. The standard InChI is InChI=1S/C25H26N2O9/c1-10(28)35-16-6-5-15(27(3)4)14-8-12-7-13-9-17(36-11(2)29)20(24(26)33)23(32)25(13,34)22(31)18(12)21(30)19(14)16/h5-6,12-13,30,34H,7-9H2,1-4H3,(H2,26,33). The van der Waals surface area contributed by atoms with Gasteiger partial charge in [-0.05, 0) is 36.5 Å². The fourth-order valence-corrected chi connectivity index (χ4v) is 5.49. The molecular formula is C25H26N2O9. The van der Waals surface area contributed by atoms with E-state index in [0.29, 0.717) is 5.56 Å². The van der Waals surface area contributed by atoms with Crippen LogP contribution < -0.4 is 15.4 Å². The molecule has 0 radical (unpaired) electrons. The van der Waals surface area contributed by atoms with Crippen LogP contribution in [0.4, 0.5) is 5.69 Å². The number of aliphatic hydroxyl groups is 2. The van der Waals surface area contributed by atoms with E-state index in [2.05, 4.69) is 0 Å². The third-order valence-corrected chi connectivity index (χ3v) is 6.88. The molecule has 0 saturated heterocycles. The lowest BCUT2D eigenvalue weighted by Gasteiger charge is -2.46. The van der Waals surface area contributed by atoms with Gasteiger partial charge in [0.2, 0.25) is 11.6 Å². The van der Waals surface area contributed by atoms with Crippen LogP contribution in [0.2, 0.25) is 0 Å². The number of esters is 2. The summed E-state index contributed by atoms with van der Waals surface area (Å²) < 4.78 is 10.3. The maximum Gasteiger partial charge on any atom is 0.308 e. The van der Waals surface area contributed by atoms with Gasteiger partial charge in [0, 0.05) is 51.5 Å². The Hall–Kier alpha value is -3.99. The summed E-state index contributed by atoms with van der Waals surface area (Å²) in [5, 5.41) is 22.8. The molecule has 0 aliphatic heterocycles. The summed E-state index contributed by atoms with van der Waals surface area (Å²) in [6.07, 6.45) is 0.0463. The topological polar surface area (TPSA) is 174 Å². The van der Waals surface area contributed by atoms with Gasteiger partial charge in [0.15, 0.2) is 5.60 Å². The van der Waals surface area contributed by atoms with E-state index >= 15 is 0 Å². The van der Waals surface area contributed by atoms with Crippen LogP contribution in [0.25, 0.3) is 5.76 Å². The second-order valence-electron chi connectivity index (χ2n) is 9.41. The molecule has 190 valence electrons. The quantitative estimate of drug-likeness (QED) is 0.232. The number of nitrogens with two attached hydrogens (primary N) is 1. The molecular weight excluding hydrogens is 472 g/mol. The zero-order valence-corrected chi connectivity index (χ0v) is 20.2. The lowest BCUT2D eigenvalue weighted by molar-refractivity contribution is -0.159. The van der Waals surface area contributed by atoms with Gasteiger partial charge in [0.1, 0.15) is 22.8 Å². The zero-order valence-electron chi connectivity index (χ0n) is 20.2. The number of fused-ring (bicyclic) bond motifs is 3. The fraction of sp³-hybridized carbons (Fsp3) is 0.400. The number of anilines is 1. The Morgan fingerprint density at radius 3 is 2.25 bits per heavy atom. The lowest BCUT2D eigenvalue weighted by Crippen LogP contribution is -2.61. The molecule has 3 atom stereocenters. The van der Waals surface area contributed by atoms with E-state index in [4.69, 9.17) is 15.2 Å². The number of ketones is 2. The van der Waals surface area contributed by atoms with Crippen LogP contribution in [0, 0.1) is 11.8 Å². The minimum Gasteiger partial charge on any atom is -0.507 e. The molecule has 0 spiro atoms. The Kier molecular flexibility index (Phi) is 5.99. The van der Waals surface area contributed by atoms with Crippen molar-refractivity contribution in [2.24, 2.45) is 17.6 Å². The number of hydrogen-bond donors (Lipinski definition) is 3. The number of aliphatic hydroxyl groups excluding tert-OH is 1. The first-order chi connectivity index (χ1) is 16.8. The Balaban J connectivity index is 1.91. The van der Waals surface area contributed by atoms with E-state index in [1.807, 2.05) is 0 Å². The average Bonchev–Trinajstić information content (AvgIpc) is 2.75. The van der Waals surface area contributed by atoms with Gasteiger partial charge < -0.3 is 30.3 Å². The summed E-state index contributed by atoms with van der Waals surface area (Å²) in [6.45, 7) is 2.28. The summed E-state index contributed by atoms with van der Waals surface area (Å²) in [7, 11) is 3.59. The molecule has 4 rings (SSSR count). The molecule has 0 heterocycles. The van der Waals surface area contributed by atoms with Gasteiger partial charge in [-0.2, -0.15) is 0 Å². The normalized spacial score (nSPS) is 25.0. The molecule has 1 amide bonds. The van der Waals surface area contributed by atoms with Crippen molar-refractivity contribution in [1.82, 2.24) is 0 Å². The number of Topliss-reactive ketones (excluding diaryl/α,β-unsaturated/α-hetero) is 2. The molecule has 1 saturated carbocycles. The van der Waals surface area contributed by atoms with Gasteiger partial charge in [-0.25, -0.2) is 0 Å². The number of amides is 1. The molecule has 4 N–H and O–H groups in total. The van der Waals surface area contributed by atoms with Gasteiger partial charge in [-0.15, -0.1) is 0 Å². The van der Waals surface area contributed by atoms with E-state index in [1.165, 1.54) is 13.0 Å². The molecule has 36 heavy (non-hydrogen) atoms. The molecule has 0 bridgehead atoms. The lowest BCUT2D eigenvalue weighted by atomic mass is 9.58. The van der Waals surface area contributed by atoms with Crippen LogP contribution in [-0.4, -0.2) is 59.3 Å². The number of primary amides is 1. The number of carbonyl (C=O) groups is 5. The van der Waals surface area contributed by atoms with Gasteiger partial charge >= 0.3 is 11.9 Å². The van der Waals surface area contributed by atoms with E-state index < -0.39 is 58.2 Å². The van der Waals surface area contributed by atoms with Crippen molar-refractivity contribution in [3.05, 3.63) is 40.2 Å². The largest absolute Gasteiger partial charge is 0.507 e. The van der Waals surface area contributed by atoms with Crippen LogP contribution in [0.5, 0.6) is 5.75 Å². The molecule has 11 heteroatoms. The van der Waals surface area contributed by atoms with Crippen LogP contribution in [0.1, 0.15) is 37.8 Å².